The van der Waals surface area contributed by atoms with E-state index >= 15 is 0 Å². The van der Waals surface area contributed by atoms with Gasteiger partial charge in [-0.2, -0.15) is 5.10 Å². The fourth-order valence-electron chi connectivity index (χ4n) is 2.35. The number of fused-ring (bicyclic) bond motifs is 1. The first-order valence-corrected chi connectivity index (χ1v) is 5.62. The van der Waals surface area contributed by atoms with E-state index in [4.69, 9.17) is 8.85 Å². The first-order valence-electron chi connectivity index (χ1n) is 7.12. The van der Waals surface area contributed by atoms with Crippen LogP contribution in [0.5, 0.6) is 0 Å². The molecule has 1 aliphatic rings. The summed E-state index contributed by atoms with van der Waals surface area (Å²) in [7, 11) is 0. The first kappa shape index (κ1) is 7.07. The Morgan fingerprint density at radius 1 is 1.56 bits per heavy atom. The summed E-state index contributed by atoms with van der Waals surface area (Å²) in [6, 6.07) is 5.28. The molecule has 1 aromatic carbocycles. The average molecular weight is 219 g/mol. The maximum atomic E-state index is 7.66. The number of aromatic amines is 1. The number of hydrogen-bond donors (Lipinski definition) is 1. The molecule has 3 rings (SSSR count). The van der Waals surface area contributed by atoms with Crippen molar-refractivity contribution in [3.63, 3.8) is 0 Å². The van der Waals surface area contributed by atoms with E-state index in [1.54, 1.807) is 12.1 Å². The van der Waals surface area contributed by atoms with Gasteiger partial charge in [0, 0.05) is 22.0 Å². The molecule has 0 bridgehead atoms. The normalized spacial score (nSPS) is 25.0. The highest BCUT2D eigenvalue weighted by atomic mass is 16.5. The number of hydrogen-bond acceptors (Lipinski definition) is 2. The molecule has 84 valence electrons. The van der Waals surface area contributed by atoms with Crippen LogP contribution in [0.4, 0.5) is 0 Å². The summed E-state index contributed by atoms with van der Waals surface area (Å²) in [4.78, 5) is 0. The Kier molecular flexibility index (Phi) is 1.73. The highest BCUT2D eigenvalue weighted by molar-refractivity contribution is 5.85. The van der Waals surface area contributed by atoms with Gasteiger partial charge in [-0.1, -0.05) is 12.1 Å². The Hall–Kier alpha value is -1.35. The Balaban J connectivity index is 2.15. The summed E-state index contributed by atoms with van der Waals surface area (Å²) in [6.07, 6.45) is 1.99. The first-order chi connectivity index (χ1) is 9.07. The van der Waals surface area contributed by atoms with Gasteiger partial charge >= 0.3 is 0 Å². The fraction of sp³-hybridized carbons (Fsp3) is 0.462. The van der Waals surface area contributed by atoms with Gasteiger partial charge in [0.1, 0.15) is 0 Å². The largest absolute Gasteiger partial charge is 0.381 e. The van der Waals surface area contributed by atoms with E-state index in [2.05, 4.69) is 10.2 Å². The van der Waals surface area contributed by atoms with E-state index < -0.39 is 6.85 Å². The van der Waals surface area contributed by atoms with Gasteiger partial charge in [-0.25, -0.2) is 0 Å². The van der Waals surface area contributed by atoms with Crippen LogP contribution in [0.15, 0.2) is 18.2 Å². The van der Waals surface area contributed by atoms with Crippen LogP contribution in [-0.2, 0) is 4.74 Å². The van der Waals surface area contributed by atoms with Crippen LogP contribution in [0.2, 0.25) is 0 Å². The van der Waals surface area contributed by atoms with Crippen LogP contribution in [0.3, 0.4) is 0 Å². The molecule has 3 nitrogen and oxygen atoms in total. The topological polar surface area (TPSA) is 37.9 Å². The number of ether oxygens (including phenoxy) is 1. The van der Waals surface area contributed by atoms with E-state index in [9.17, 15) is 0 Å². The molecule has 1 unspecified atom stereocenters. The van der Waals surface area contributed by atoms with E-state index in [0.717, 1.165) is 36.0 Å². The second kappa shape index (κ2) is 3.91. The summed E-state index contributed by atoms with van der Waals surface area (Å²) < 4.78 is 28.5. The molecular weight excluding hydrogens is 200 g/mol. The molecule has 1 atom stereocenters. The Labute approximate surface area is 99.0 Å². The van der Waals surface area contributed by atoms with Crippen molar-refractivity contribution in [3.05, 3.63) is 29.5 Å². The van der Waals surface area contributed by atoms with Crippen molar-refractivity contribution < 1.29 is 8.85 Å². The van der Waals surface area contributed by atoms with E-state index in [1.165, 1.54) is 0 Å². The lowest BCUT2D eigenvalue weighted by Crippen LogP contribution is -2.16. The van der Waals surface area contributed by atoms with Crippen molar-refractivity contribution >= 4 is 10.9 Å². The highest BCUT2D eigenvalue weighted by Crippen LogP contribution is 2.30. The second-order valence-electron chi connectivity index (χ2n) is 4.25. The van der Waals surface area contributed by atoms with Gasteiger partial charge in [0.2, 0.25) is 0 Å². The monoisotopic (exact) mass is 219 g/mol. The van der Waals surface area contributed by atoms with Crippen molar-refractivity contribution in [3.8, 4) is 0 Å². The molecule has 0 spiro atoms. The number of aromatic nitrogens is 2. The predicted molar refractivity (Wildman–Crippen MR) is 63.6 cm³/mol. The Morgan fingerprint density at radius 3 is 3.38 bits per heavy atom. The highest BCUT2D eigenvalue weighted by Gasteiger charge is 2.21. The second-order valence-corrected chi connectivity index (χ2v) is 4.25. The Bertz CT molecular complexity index is 585. The number of aryl methyl sites for hydroxylation is 1. The summed E-state index contributed by atoms with van der Waals surface area (Å²) in [5, 5.41) is 8.03. The average Bonchev–Trinajstić information content (AvgIpc) is 2.82. The minimum Gasteiger partial charge on any atom is -0.381 e. The quantitative estimate of drug-likeness (QED) is 0.800. The minimum atomic E-state index is -2.12. The lowest BCUT2D eigenvalue weighted by molar-refractivity contribution is 0.0796. The molecule has 1 aromatic heterocycles. The zero-order chi connectivity index (χ0) is 13.5. The van der Waals surface area contributed by atoms with Crippen LogP contribution < -0.4 is 0 Å². The smallest absolute Gasteiger partial charge is 0.0757 e. The number of H-pyrrole nitrogens is 1. The summed E-state index contributed by atoms with van der Waals surface area (Å²) >= 11 is 0. The molecule has 2 heterocycles. The van der Waals surface area contributed by atoms with Gasteiger partial charge in [-0.15, -0.1) is 0 Å². The van der Waals surface area contributed by atoms with Crippen LogP contribution in [0.1, 0.15) is 34.1 Å². The van der Waals surface area contributed by atoms with Crippen molar-refractivity contribution in [1.29, 1.82) is 0 Å². The van der Waals surface area contributed by atoms with Crippen molar-refractivity contribution in [2.75, 3.05) is 13.2 Å². The summed E-state index contributed by atoms with van der Waals surface area (Å²) in [5.74, 6) is 0.186. The maximum absolute atomic E-state index is 7.66. The van der Waals surface area contributed by atoms with Crippen molar-refractivity contribution in [2.45, 2.75) is 25.6 Å². The van der Waals surface area contributed by atoms with E-state index in [-0.39, 0.29) is 5.92 Å². The zero-order valence-corrected chi connectivity index (χ0v) is 8.99. The molecule has 0 aliphatic carbocycles. The molecule has 0 saturated carbocycles. The van der Waals surface area contributed by atoms with Crippen molar-refractivity contribution in [2.24, 2.45) is 0 Å². The molecule has 1 fully saturated rings. The third-order valence-corrected chi connectivity index (χ3v) is 3.16. The summed E-state index contributed by atoms with van der Waals surface area (Å²) in [6.45, 7) is -0.714. The maximum Gasteiger partial charge on any atom is 0.0757 e. The molecule has 3 heteroatoms. The number of benzene rings is 1. The van der Waals surface area contributed by atoms with Gasteiger partial charge < -0.3 is 4.74 Å². The standard InChI is InChI=1S/C13H16N2O/c1-9-4-2-6-11-12(9)13(15-14-11)10-5-3-7-16-8-10/h2,4,6,10H,3,5,7-8H2,1H3,(H,14,15)/i1D3. The van der Waals surface area contributed by atoms with E-state index in [1.807, 2.05) is 6.07 Å². The Morgan fingerprint density at radius 2 is 2.56 bits per heavy atom. The molecule has 16 heavy (non-hydrogen) atoms. The molecule has 0 amide bonds. The van der Waals surface area contributed by atoms with E-state index in [0.29, 0.717) is 12.2 Å². The van der Waals surface area contributed by atoms with Gasteiger partial charge in [0.15, 0.2) is 0 Å². The molecule has 1 saturated heterocycles. The molecule has 1 N–H and O–H groups in total. The van der Waals surface area contributed by atoms with Crippen LogP contribution in [0, 0.1) is 6.85 Å². The van der Waals surface area contributed by atoms with Gasteiger partial charge in [-0.3, -0.25) is 5.10 Å². The number of nitrogens with zero attached hydrogens (tertiary/aromatic N) is 1. The lowest BCUT2D eigenvalue weighted by atomic mass is 9.94. The van der Waals surface area contributed by atoms with Gasteiger partial charge in [0.25, 0.3) is 0 Å². The minimum absolute atomic E-state index is 0.186. The van der Waals surface area contributed by atoms with Crippen LogP contribution >= 0.6 is 0 Å². The molecular formula is C13H16N2O. The fourth-order valence-corrected chi connectivity index (χ4v) is 2.35. The van der Waals surface area contributed by atoms with Crippen molar-refractivity contribution in [1.82, 2.24) is 10.2 Å². The summed E-state index contributed by atoms with van der Waals surface area (Å²) in [5.41, 5.74) is 2.00. The van der Waals surface area contributed by atoms with Gasteiger partial charge in [-0.05, 0) is 31.3 Å². The molecule has 1 aliphatic heterocycles. The number of rotatable bonds is 1. The lowest BCUT2D eigenvalue weighted by Gasteiger charge is -2.20. The van der Waals surface area contributed by atoms with Crippen LogP contribution in [-0.4, -0.2) is 23.4 Å². The number of nitrogens with one attached hydrogen (secondary N) is 1. The molecule has 2 aromatic rings. The zero-order valence-electron chi connectivity index (χ0n) is 12.0. The molecule has 0 radical (unpaired) electrons. The third-order valence-electron chi connectivity index (χ3n) is 3.16. The predicted octanol–water partition coefficient (Wildman–Crippen LogP) is 2.77. The SMILES string of the molecule is [2H]C([2H])([2H])c1cccc2[nH]nc(C3CCCOC3)c12. The van der Waals surface area contributed by atoms with Gasteiger partial charge in [0.05, 0.1) is 17.8 Å². The van der Waals surface area contributed by atoms with Crippen LogP contribution in [0.25, 0.3) is 10.9 Å². The third kappa shape index (κ3) is 1.52.